The molecule has 1 aliphatic rings. The number of alkyl halides is 3. The number of amides is 1. The molecule has 114 valence electrons. The molecular weight excluding hydrogens is 295 g/mol. The first kappa shape index (κ1) is 14.4. The third-order valence-electron chi connectivity index (χ3n) is 3.45. The van der Waals surface area contributed by atoms with Crippen molar-refractivity contribution in [1.82, 2.24) is 15.1 Å². The van der Waals surface area contributed by atoms with Crippen LogP contribution in [0.5, 0.6) is 0 Å². The molecule has 2 aromatic rings. The Labute approximate surface area is 124 Å². The summed E-state index contributed by atoms with van der Waals surface area (Å²) in [6, 6.07) is 4.82. The number of halogens is 3. The Balaban J connectivity index is 1.97. The lowest BCUT2D eigenvalue weighted by Gasteiger charge is -2.15. The maximum absolute atomic E-state index is 12.8. The summed E-state index contributed by atoms with van der Waals surface area (Å²) in [7, 11) is 0. The third-order valence-corrected chi connectivity index (χ3v) is 3.45. The molecule has 0 atom stereocenters. The Morgan fingerprint density at radius 1 is 1.23 bits per heavy atom. The molecule has 0 saturated heterocycles. The summed E-state index contributed by atoms with van der Waals surface area (Å²) in [6.45, 7) is 0.984. The molecule has 1 aromatic carbocycles. The number of H-pyrrole nitrogens is 1. The van der Waals surface area contributed by atoms with E-state index in [9.17, 15) is 18.0 Å². The van der Waals surface area contributed by atoms with E-state index < -0.39 is 11.7 Å². The summed E-state index contributed by atoms with van der Waals surface area (Å²) in [5.74, 6) is -0.258. The summed E-state index contributed by atoms with van der Waals surface area (Å²) in [4.78, 5) is 14.0. The van der Waals surface area contributed by atoms with Crippen LogP contribution >= 0.6 is 0 Å². The van der Waals surface area contributed by atoms with Crippen molar-refractivity contribution in [3.63, 3.8) is 0 Å². The summed E-state index contributed by atoms with van der Waals surface area (Å²) >= 11 is 0. The number of aromatic nitrogens is 2. The standard InChI is InChI=1S/C15H12F3N3O/c16-15(17,18)11-5-3-4-10(8-11)13-12(9-19-20-13)14(22)21-6-1-2-7-21/h1-5,8-9H,6-7H2,(H,19,20). The van der Waals surface area contributed by atoms with Crippen molar-refractivity contribution in [2.45, 2.75) is 6.18 Å². The number of rotatable bonds is 2. The highest BCUT2D eigenvalue weighted by molar-refractivity contribution is 6.00. The van der Waals surface area contributed by atoms with Gasteiger partial charge in [0.25, 0.3) is 5.91 Å². The Morgan fingerprint density at radius 3 is 2.64 bits per heavy atom. The van der Waals surface area contributed by atoms with Gasteiger partial charge in [-0.15, -0.1) is 0 Å². The highest BCUT2D eigenvalue weighted by Crippen LogP contribution is 2.32. The predicted octanol–water partition coefficient (Wildman–Crippen LogP) is 3.11. The molecule has 0 spiro atoms. The zero-order valence-corrected chi connectivity index (χ0v) is 11.4. The fourth-order valence-corrected chi connectivity index (χ4v) is 2.33. The van der Waals surface area contributed by atoms with Gasteiger partial charge in [0.1, 0.15) is 0 Å². The minimum atomic E-state index is -4.43. The SMILES string of the molecule is O=C(c1cn[nH]c1-c1cccc(C(F)(F)F)c1)N1CC=CC1. The molecule has 22 heavy (non-hydrogen) atoms. The fraction of sp³-hybridized carbons (Fsp3) is 0.200. The first-order valence-corrected chi connectivity index (χ1v) is 6.62. The normalized spacial score (nSPS) is 14.6. The summed E-state index contributed by atoms with van der Waals surface area (Å²) in [6.07, 6.45) is 0.638. The van der Waals surface area contributed by atoms with Gasteiger partial charge in [-0.1, -0.05) is 24.3 Å². The van der Waals surface area contributed by atoms with Crippen molar-refractivity contribution in [1.29, 1.82) is 0 Å². The van der Waals surface area contributed by atoms with Gasteiger partial charge in [-0.25, -0.2) is 0 Å². The lowest BCUT2D eigenvalue weighted by molar-refractivity contribution is -0.137. The van der Waals surface area contributed by atoms with E-state index in [0.717, 1.165) is 12.1 Å². The molecule has 4 nitrogen and oxygen atoms in total. The molecule has 0 fully saturated rings. The van der Waals surface area contributed by atoms with Crippen LogP contribution < -0.4 is 0 Å². The minimum Gasteiger partial charge on any atom is -0.331 e. The number of hydrogen-bond acceptors (Lipinski definition) is 2. The van der Waals surface area contributed by atoms with Gasteiger partial charge in [-0.2, -0.15) is 18.3 Å². The molecule has 2 heterocycles. The number of aromatic amines is 1. The van der Waals surface area contributed by atoms with Gasteiger partial charge in [0.2, 0.25) is 0 Å². The van der Waals surface area contributed by atoms with E-state index in [1.165, 1.54) is 18.3 Å². The zero-order chi connectivity index (χ0) is 15.7. The van der Waals surface area contributed by atoms with Gasteiger partial charge in [0.05, 0.1) is 23.0 Å². The first-order valence-electron chi connectivity index (χ1n) is 6.62. The average molecular weight is 307 g/mol. The van der Waals surface area contributed by atoms with Crippen molar-refractivity contribution in [2.24, 2.45) is 0 Å². The number of nitrogens with zero attached hydrogens (tertiary/aromatic N) is 2. The first-order chi connectivity index (χ1) is 10.5. The molecule has 1 amide bonds. The van der Waals surface area contributed by atoms with Gasteiger partial charge in [0, 0.05) is 18.7 Å². The molecule has 0 saturated carbocycles. The van der Waals surface area contributed by atoms with Crippen LogP contribution in [-0.2, 0) is 6.18 Å². The Kier molecular flexibility index (Phi) is 3.48. The van der Waals surface area contributed by atoms with E-state index in [0.29, 0.717) is 18.8 Å². The summed E-state index contributed by atoms with van der Waals surface area (Å²) < 4.78 is 38.4. The van der Waals surface area contributed by atoms with Crippen LogP contribution in [0.3, 0.4) is 0 Å². The zero-order valence-electron chi connectivity index (χ0n) is 11.4. The van der Waals surface area contributed by atoms with E-state index in [2.05, 4.69) is 10.2 Å². The number of benzene rings is 1. The molecule has 0 bridgehead atoms. The van der Waals surface area contributed by atoms with Crippen LogP contribution in [-0.4, -0.2) is 34.1 Å². The average Bonchev–Trinajstić information content (AvgIpc) is 3.17. The van der Waals surface area contributed by atoms with Crippen molar-refractivity contribution in [2.75, 3.05) is 13.1 Å². The molecule has 7 heteroatoms. The second kappa shape index (κ2) is 5.32. The van der Waals surface area contributed by atoms with Gasteiger partial charge in [0.15, 0.2) is 0 Å². The molecule has 1 aliphatic heterocycles. The Morgan fingerprint density at radius 2 is 1.95 bits per heavy atom. The Bertz CT molecular complexity index is 726. The van der Waals surface area contributed by atoms with Crippen LogP contribution in [0.4, 0.5) is 13.2 Å². The quantitative estimate of drug-likeness (QED) is 0.867. The molecule has 1 N–H and O–H groups in total. The van der Waals surface area contributed by atoms with Crippen LogP contribution in [0.15, 0.2) is 42.6 Å². The van der Waals surface area contributed by atoms with Crippen LogP contribution in [0.2, 0.25) is 0 Å². The summed E-state index contributed by atoms with van der Waals surface area (Å²) in [5, 5.41) is 6.43. The van der Waals surface area contributed by atoms with Crippen LogP contribution in [0, 0.1) is 0 Å². The molecule has 3 rings (SSSR count). The van der Waals surface area contributed by atoms with Gasteiger partial charge >= 0.3 is 6.18 Å². The van der Waals surface area contributed by atoms with Crippen molar-refractivity contribution >= 4 is 5.91 Å². The molecule has 0 aliphatic carbocycles. The summed E-state index contributed by atoms with van der Waals surface area (Å²) in [5.41, 5.74) is 0.0784. The van der Waals surface area contributed by atoms with Crippen LogP contribution in [0.1, 0.15) is 15.9 Å². The number of nitrogens with one attached hydrogen (secondary N) is 1. The van der Waals surface area contributed by atoms with Crippen molar-refractivity contribution < 1.29 is 18.0 Å². The highest BCUT2D eigenvalue weighted by Gasteiger charge is 2.31. The molecule has 1 aromatic heterocycles. The van der Waals surface area contributed by atoms with E-state index in [4.69, 9.17) is 0 Å². The van der Waals surface area contributed by atoms with Crippen molar-refractivity contribution in [3.8, 4) is 11.3 Å². The lowest BCUT2D eigenvalue weighted by atomic mass is 10.0. The molecular formula is C15H12F3N3O. The third kappa shape index (κ3) is 2.61. The maximum atomic E-state index is 12.8. The number of carbonyl (C=O) groups is 1. The second-order valence-electron chi connectivity index (χ2n) is 4.92. The Hall–Kier alpha value is -2.57. The maximum Gasteiger partial charge on any atom is 0.416 e. The minimum absolute atomic E-state index is 0.258. The lowest BCUT2D eigenvalue weighted by Crippen LogP contribution is -2.28. The number of hydrogen-bond donors (Lipinski definition) is 1. The van der Waals surface area contributed by atoms with Crippen molar-refractivity contribution in [3.05, 3.63) is 53.7 Å². The van der Waals surface area contributed by atoms with Gasteiger partial charge < -0.3 is 4.90 Å². The van der Waals surface area contributed by atoms with E-state index >= 15 is 0 Å². The van der Waals surface area contributed by atoms with E-state index in [1.807, 2.05) is 12.2 Å². The smallest absolute Gasteiger partial charge is 0.331 e. The topological polar surface area (TPSA) is 49.0 Å². The molecule has 0 radical (unpaired) electrons. The van der Waals surface area contributed by atoms with Gasteiger partial charge in [-0.05, 0) is 12.1 Å². The second-order valence-corrected chi connectivity index (χ2v) is 4.92. The van der Waals surface area contributed by atoms with E-state index in [-0.39, 0.29) is 17.0 Å². The predicted molar refractivity (Wildman–Crippen MR) is 74.1 cm³/mol. The monoisotopic (exact) mass is 307 g/mol. The fourth-order valence-electron chi connectivity index (χ4n) is 2.33. The van der Waals surface area contributed by atoms with Crippen LogP contribution in [0.25, 0.3) is 11.3 Å². The van der Waals surface area contributed by atoms with Gasteiger partial charge in [-0.3, -0.25) is 9.89 Å². The number of carbonyl (C=O) groups excluding carboxylic acids is 1. The van der Waals surface area contributed by atoms with E-state index in [1.54, 1.807) is 4.90 Å². The largest absolute Gasteiger partial charge is 0.416 e. The molecule has 0 unspecified atom stereocenters. The highest BCUT2D eigenvalue weighted by atomic mass is 19.4.